The van der Waals surface area contributed by atoms with Crippen LogP contribution in [0.4, 0.5) is 0 Å². The minimum absolute atomic E-state index is 0.175. The molecule has 3 heteroatoms. The van der Waals surface area contributed by atoms with Crippen LogP contribution in [0.25, 0.3) is 0 Å². The molecule has 0 unspecified atom stereocenters. The van der Waals surface area contributed by atoms with Crippen molar-refractivity contribution in [2.75, 3.05) is 13.1 Å². The van der Waals surface area contributed by atoms with E-state index in [4.69, 9.17) is 5.73 Å². The summed E-state index contributed by atoms with van der Waals surface area (Å²) in [4.78, 5) is 14.3. The molecule has 2 N–H and O–H groups in total. The molecule has 2 fully saturated rings. The Morgan fingerprint density at radius 2 is 1.62 bits per heavy atom. The minimum atomic E-state index is -0.308. The van der Waals surface area contributed by atoms with E-state index >= 15 is 0 Å². The van der Waals surface area contributed by atoms with E-state index in [9.17, 15) is 4.79 Å². The van der Waals surface area contributed by atoms with Crippen LogP contribution in [0.1, 0.15) is 39.5 Å². The van der Waals surface area contributed by atoms with Crippen LogP contribution >= 0.6 is 0 Å². The predicted octanol–water partition coefficient (Wildman–Crippen LogP) is 1.62. The zero-order valence-corrected chi connectivity index (χ0v) is 10.5. The summed E-state index contributed by atoms with van der Waals surface area (Å²) in [5.41, 5.74) is 5.96. The summed E-state index contributed by atoms with van der Waals surface area (Å²) in [5.74, 6) is 1.95. The van der Waals surface area contributed by atoms with E-state index in [2.05, 4.69) is 0 Å². The summed E-state index contributed by atoms with van der Waals surface area (Å²) in [6.45, 7) is 5.95. The number of nitrogens with zero attached hydrogens (tertiary/aromatic N) is 1. The van der Waals surface area contributed by atoms with Crippen LogP contribution in [0.3, 0.4) is 0 Å². The minimum Gasteiger partial charge on any atom is -0.341 e. The lowest BCUT2D eigenvalue weighted by Gasteiger charge is -2.27. The summed E-state index contributed by atoms with van der Waals surface area (Å²) in [6, 6.07) is -0.308. The summed E-state index contributed by atoms with van der Waals surface area (Å²) >= 11 is 0. The first-order chi connectivity index (χ1) is 7.58. The number of nitrogens with two attached hydrogens (primary N) is 1. The predicted molar refractivity (Wildman–Crippen MR) is 64.8 cm³/mol. The van der Waals surface area contributed by atoms with Crippen LogP contribution in [-0.4, -0.2) is 29.9 Å². The lowest BCUT2D eigenvalue weighted by molar-refractivity contribution is -0.134. The van der Waals surface area contributed by atoms with Gasteiger partial charge < -0.3 is 10.6 Å². The van der Waals surface area contributed by atoms with Crippen molar-refractivity contribution in [3.05, 3.63) is 0 Å². The van der Waals surface area contributed by atoms with Crippen molar-refractivity contribution in [2.24, 2.45) is 23.5 Å². The number of carbonyl (C=O) groups excluding carboxylic acids is 1. The van der Waals surface area contributed by atoms with Crippen LogP contribution in [0.15, 0.2) is 0 Å². The lowest BCUT2D eigenvalue weighted by Crippen LogP contribution is -2.47. The highest BCUT2D eigenvalue weighted by molar-refractivity contribution is 5.82. The third-order valence-corrected chi connectivity index (χ3v) is 3.67. The fourth-order valence-corrected chi connectivity index (χ4v) is 1.97. The Morgan fingerprint density at radius 1 is 1.19 bits per heavy atom. The molecule has 0 spiro atoms. The van der Waals surface area contributed by atoms with Gasteiger partial charge in [-0.05, 0) is 43.4 Å². The quantitative estimate of drug-likeness (QED) is 0.745. The molecule has 16 heavy (non-hydrogen) atoms. The largest absolute Gasteiger partial charge is 0.341 e. The second kappa shape index (κ2) is 4.74. The molecule has 2 rings (SSSR count). The summed E-state index contributed by atoms with van der Waals surface area (Å²) < 4.78 is 0. The molecule has 1 atom stereocenters. The van der Waals surface area contributed by atoms with E-state index < -0.39 is 0 Å². The Kier molecular flexibility index (Phi) is 3.53. The molecule has 0 aromatic heterocycles. The Bertz CT molecular complexity index is 243. The van der Waals surface area contributed by atoms with E-state index in [1.807, 2.05) is 18.7 Å². The Morgan fingerprint density at radius 3 is 1.94 bits per heavy atom. The molecule has 0 aromatic rings. The van der Waals surface area contributed by atoms with E-state index in [-0.39, 0.29) is 17.9 Å². The maximum Gasteiger partial charge on any atom is 0.239 e. The highest BCUT2D eigenvalue weighted by atomic mass is 16.2. The number of hydrogen-bond donors (Lipinski definition) is 1. The molecule has 0 aromatic carbocycles. The van der Waals surface area contributed by atoms with Crippen molar-refractivity contribution in [3.8, 4) is 0 Å². The Balaban J connectivity index is 1.89. The first kappa shape index (κ1) is 11.9. The third-order valence-electron chi connectivity index (χ3n) is 3.67. The van der Waals surface area contributed by atoms with Crippen LogP contribution in [0, 0.1) is 17.8 Å². The van der Waals surface area contributed by atoms with Crippen molar-refractivity contribution in [1.82, 2.24) is 4.90 Å². The van der Waals surface area contributed by atoms with E-state index in [0.29, 0.717) is 0 Å². The topological polar surface area (TPSA) is 46.3 Å². The molecule has 2 saturated carbocycles. The SMILES string of the molecule is CC(C)[C@@H](N)C(=O)N(CC1CC1)CC1CC1. The summed E-state index contributed by atoms with van der Waals surface area (Å²) in [7, 11) is 0. The molecule has 3 nitrogen and oxygen atoms in total. The van der Waals surface area contributed by atoms with Crippen LogP contribution in [0.5, 0.6) is 0 Å². The highest BCUT2D eigenvalue weighted by Gasteiger charge is 2.33. The van der Waals surface area contributed by atoms with Gasteiger partial charge in [0.25, 0.3) is 0 Å². The molecule has 2 aliphatic rings. The van der Waals surface area contributed by atoms with E-state index in [1.54, 1.807) is 0 Å². The van der Waals surface area contributed by atoms with Crippen molar-refractivity contribution < 1.29 is 4.79 Å². The van der Waals surface area contributed by atoms with E-state index in [1.165, 1.54) is 25.7 Å². The normalized spacial score (nSPS) is 22.2. The molecule has 1 amide bonds. The molecule has 2 aliphatic carbocycles. The Hall–Kier alpha value is -0.570. The molecule has 0 bridgehead atoms. The van der Waals surface area contributed by atoms with Gasteiger partial charge in [-0.2, -0.15) is 0 Å². The molecule has 92 valence electrons. The van der Waals surface area contributed by atoms with Gasteiger partial charge >= 0.3 is 0 Å². The van der Waals surface area contributed by atoms with Gasteiger partial charge in [0.05, 0.1) is 6.04 Å². The molecule has 0 heterocycles. The molecular weight excluding hydrogens is 200 g/mol. The maximum absolute atomic E-state index is 12.2. The standard InChI is InChI=1S/C13H24N2O/c1-9(2)12(14)13(16)15(7-10-3-4-10)8-11-5-6-11/h9-12H,3-8,14H2,1-2H3/t12-/m1/s1. The molecule has 0 aliphatic heterocycles. The van der Waals surface area contributed by atoms with Gasteiger partial charge in [0, 0.05) is 13.1 Å². The fraction of sp³-hybridized carbons (Fsp3) is 0.923. The van der Waals surface area contributed by atoms with Crippen molar-refractivity contribution in [2.45, 2.75) is 45.6 Å². The zero-order valence-electron chi connectivity index (χ0n) is 10.5. The van der Waals surface area contributed by atoms with Crippen molar-refractivity contribution in [1.29, 1.82) is 0 Å². The van der Waals surface area contributed by atoms with Crippen LogP contribution in [-0.2, 0) is 4.79 Å². The fourth-order valence-electron chi connectivity index (χ4n) is 1.97. The molecular formula is C13H24N2O. The van der Waals surface area contributed by atoms with Gasteiger partial charge in [-0.15, -0.1) is 0 Å². The lowest BCUT2D eigenvalue weighted by atomic mass is 10.0. The monoisotopic (exact) mass is 224 g/mol. The number of hydrogen-bond acceptors (Lipinski definition) is 2. The zero-order chi connectivity index (χ0) is 11.7. The van der Waals surface area contributed by atoms with Gasteiger partial charge in [-0.25, -0.2) is 0 Å². The van der Waals surface area contributed by atoms with Gasteiger partial charge in [0.1, 0.15) is 0 Å². The third kappa shape index (κ3) is 3.21. The van der Waals surface area contributed by atoms with Gasteiger partial charge in [0.2, 0.25) is 5.91 Å². The summed E-state index contributed by atoms with van der Waals surface area (Å²) in [5, 5.41) is 0. The Labute approximate surface area is 98.4 Å². The molecule has 0 radical (unpaired) electrons. The average Bonchev–Trinajstić information content (AvgIpc) is 3.08. The van der Waals surface area contributed by atoms with Crippen molar-refractivity contribution >= 4 is 5.91 Å². The smallest absolute Gasteiger partial charge is 0.239 e. The second-order valence-corrected chi connectivity index (χ2v) is 5.90. The van der Waals surface area contributed by atoms with Crippen LogP contribution < -0.4 is 5.73 Å². The first-order valence-electron chi connectivity index (χ1n) is 6.62. The highest BCUT2D eigenvalue weighted by Crippen LogP contribution is 2.34. The van der Waals surface area contributed by atoms with Crippen LogP contribution in [0.2, 0.25) is 0 Å². The second-order valence-electron chi connectivity index (χ2n) is 5.90. The first-order valence-corrected chi connectivity index (χ1v) is 6.62. The maximum atomic E-state index is 12.2. The summed E-state index contributed by atoms with van der Waals surface area (Å²) in [6.07, 6.45) is 5.19. The number of carbonyl (C=O) groups is 1. The van der Waals surface area contributed by atoms with Gasteiger partial charge in [0.15, 0.2) is 0 Å². The average molecular weight is 224 g/mol. The number of rotatable bonds is 6. The molecule has 0 saturated heterocycles. The number of amides is 1. The van der Waals surface area contributed by atoms with E-state index in [0.717, 1.165) is 24.9 Å². The van der Waals surface area contributed by atoms with Gasteiger partial charge in [-0.3, -0.25) is 4.79 Å². The van der Waals surface area contributed by atoms with Crippen molar-refractivity contribution in [3.63, 3.8) is 0 Å². The van der Waals surface area contributed by atoms with Gasteiger partial charge in [-0.1, -0.05) is 13.8 Å².